The third kappa shape index (κ3) is 2.10. The van der Waals surface area contributed by atoms with Gasteiger partial charge in [0.05, 0.1) is 5.69 Å². The van der Waals surface area contributed by atoms with Crippen LogP contribution in [-0.2, 0) is 6.42 Å². The SMILES string of the molecule is Cc1ccc(Nc2[nH]nc3c2Cc2cc(Cl)ccc2-3)cc1. The summed E-state index contributed by atoms with van der Waals surface area (Å²) in [6.45, 7) is 2.08. The van der Waals surface area contributed by atoms with Gasteiger partial charge in [0.2, 0.25) is 0 Å². The molecule has 1 aromatic heterocycles. The van der Waals surface area contributed by atoms with E-state index in [4.69, 9.17) is 11.6 Å². The molecule has 1 heterocycles. The van der Waals surface area contributed by atoms with Gasteiger partial charge in [-0.15, -0.1) is 0 Å². The van der Waals surface area contributed by atoms with Crippen molar-refractivity contribution in [2.45, 2.75) is 13.3 Å². The van der Waals surface area contributed by atoms with Gasteiger partial charge in [-0.3, -0.25) is 5.10 Å². The second kappa shape index (κ2) is 4.64. The van der Waals surface area contributed by atoms with Gasteiger partial charge in [-0.25, -0.2) is 0 Å². The molecule has 0 amide bonds. The number of nitrogens with one attached hydrogen (secondary N) is 2. The lowest BCUT2D eigenvalue weighted by molar-refractivity contribution is 1.09. The van der Waals surface area contributed by atoms with E-state index in [-0.39, 0.29) is 0 Å². The van der Waals surface area contributed by atoms with E-state index in [1.807, 2.05) is 18.2 Å². The fourth-order valence-corrected chi connectivity index (χ4v) is 2.97. The van der Waals surface area contributed by atoms with E-state index in [1.165, 1.54) is 22.3 Å². The largest absolute Gasteiger partial charge is 0.340 e. The number of anilines is 2. The predicted molar refractivity (Wildman–Crippen MR) is 86.3 cm³/mol. The molecular formula is C17H14ClN3. The maximum Gasteiger partial charge on any atom is 0.130 e. The number of aromatic amines is 1. The van der Waals surface area contributed by atoms with Crippen LogP contribution in [0.3, 0.4) is 0 Å². The van der Waals surface area contributed by atoms with Gasteiger partial charge in [0.15, 0.2) is 0 Å². The zero-order chi connectivity index (χ0) is 14.4. The molecule has 0 aliphatic heterocycles. The molecule has 21 heavy (non-hydrogen) atoms. The Morgan fingerprint density at radius 3 is 2.76 bits per heavy atom. The number of rotatable bonds is 2. The molecular weight excluding hydrogens is 282 g/mol. The molecule has 2 aromatic carbocycles. The van der Waals surface area contributed by atoms with Crippen molar-refractivity contribution in [3.63, 3.8) is 0 Å². The Balaban J connectivity index is 1.69. The van der Waals surface area contributed by atoms with Crippen molar-refractivity contribution in [1.29, 1.82) is 0 Å². The van der Waals surface area contributed by atoms with Crippen molar-refractivity contribution in [2.75, 3.05) is 5.32 Å². The zero-order valence-electron chi connectivity index (χ0n) is 11.6. The molecule has 2 N–H and O–H groups in total. The van der Waals surface area contributed by atoms with Gasteiger partial charge < -0.3 is 5.32 Å². The van der Waals surface area contributed by atoms with Crippen LogP contribution in [-0.4, -0.2) is 10.2 Å². The molecule has 3 nitrogen and oxygen atoms in total. The standard InChI is InChI=1S/C17H14ClN3/c1-10-2-5-13(6-3-10)19-17-15-9-11-8-12(18)4-7-14(11)16(15)20-21-17/h2-8H,9H2,1H3,(H2,19,20,21). The van der Waals surface area contributed by atoms with Gasteiger partial charge >= 0.3 is 0 Å². The summed E-state index contributed by atoms with van der Waals surface area (Å²) < 4.78 is 0. The third-order valence-corrected chi connectivity index (χ3v) is 4.11. The number of aromatic nitrogens is 2. The molecule has 4 heteroatoms. The van der Waals surface area contributed by atoms with Gasteiger partial charge in [-0.05, 0) is 36.8 Å². The highest BCUT2D eigenvalue weighted by Crippen LogP contribution is 2.40. The summed E-state index contributed by atoms with van der Waals surface area (Å²) >= 11 is 6.07. The first-order chi connectivity index (χ1) is 10.2. The lowest BCUT2D eigenvalue weighted by atomic mass is 10.1. The Kier molecular flexibility index (Phi) is 2.76. The highest BCUT2D eigenvalue weighted by atomic mass is 35.5. The number of hydrogen-bond acceptors (Lipinski definition) is 2. The molecule has 0 saturated heterocycles. The lowest BCUT2D eigenvalue weighted by Gasteiger charge is -2.06. The molecule has 0 radical (unpaired) electrons. The van der Waals surface area contributed by atoms with Crippen LogP contribution < -0.4 is 5.32 Å². The molecule has 0 spiro atoms. The van der Waals surface area contributed by atoms with Crippen molar-refractivity contribution >= 4 is 23.1 Å². The number of hydrogen-bond donors (Lipinski definition) is 2. The number of H-pyrrole nitrogens is 1. The Hall–Kier alpha value is -2.26. The lowest BCUT2D eigenvalue weighted by Crippen LogP contribution is -1.94. The molecule has 0 atom stereocenters. The van der Waals surface area contributed by atoms with E-state index < -0.39 is 0 Å². The van der Waals surface area contributed by atoms with E-state index in [1.54, 1.807) is 0 Å². The van der Waals surface area contributed by atoms with Crippen LogP contribution in [0, 0.1) is 6.92 Å². The summed E-state index contributed by atoms with van der Waals surface area (Å²) in [5.74, 6) is 0.959. The Morgan fingerprint density at radius 2 is 1.95 bits per heavy atom. The maximum atomic E-state index is 6.07. The minimum atomic E-state index is 0.774. The van der Waals surface area contributed by atoms with Crippen LogP contribution in [0.15, 0.2) is 42.5 Å². The topological polar surface area (TPSA) is 40.7 Å². The normalized spacial score (nSPS) is 12.1. The van der Waals surface area contributed by atoms with Crippen LogP contribution in [0.1, 0.15) is 16.7 Å². The fourth-order valence-electron chi connectivity index (χ4n) is 2.77. The molecule has 0 bridgehead atoms. The average Bonchev–Trinajstić information content (AvgIpc) is 3.01. The maximum absolute atomic E-state index is 6.07. The molecule has 0 saturated carbocycles. The summed E-state index contributed by atoms with van der Waals surface area (Å²) in [7, 11) is 0. The third-order valence-electron chi connectivity index (χ3n) is 3.88. The molecule has 104 valence electrons. The first-order valence-corrected chi connectivity index (χ1v) is 7.28. The van der Waals surface area contributed by atoms with Crippen LogP contribution in [0.2, 0.25) is 5.02 Å². The van der Waals surface area contributed by atoms with Gasteiger partial charge in [0, 0.05) is 28.3 Å². The number of aryl methyl sites for hydroxylation is 1. The van der Waals surface area contributed by atoms with Crippen molar-refractivity contribution in [2.24, 2.45) is 0 Å². The minimum Gasteiger partial charge on any atom is -0.340 e. The highest BCUT2D eigenvalue weighted by molar-refractivity contribution is 6.30. The van der Waals surface area contributed by atoms with E-state index in [0.717, 1.165) is 28.6 Å². The highest BCUT2D eigenvalue weighted by Gasteiger charge is 2.24. The quantitative estimate of drug-likeness (QED) is 0.563. The smallest absolute Gasteiger partial charge is 0.130 e. The first kappa shape index (κ1) is 12.5. The molecule has 0 fully saturated rings. The molecule has 4 rings (SSSR count). The van der Waals surface area contributed by atoms with E-state index in [9.17, 15) is 0 Å². The van der Waals surface area contributed by atoms with Crippen LogP contribution in [0.4, 0.5) is 11.5 Å². The Bertz CT molecular complexity index is 819. The minimum absolute atomic E-state index is 0.774. The van der Waals surface area contributed by atoms with E-state index in [2.05, 4.69) is 46.7 Å². The van der Waals surface area contributed by atoms with Crippen LogP contribution >= 0.6 is 11.6 Å². The van der Waals surface area contributed by atoms with Crippen molar-refractivity contribution in [3.05, 3.63) is 64.2 Å². The molecule has 0 unspecified atom stereocenters. The van der Waals surface area contributed by atoms with Crippen LogP contribution in [0.25, 0.3) is 11.3 Å². The number of fused-ring (bicyclic) bond motifs is 3. The van der Waals surface area contributed by atoms with Gasteiger partial charge in [0.1, 0.15) is 5.82 Å². The van der Waals surface area contributed by atoms with Gasteiger partial charge in [-0.1, -0.05) is 35.4 Å². The second-order valence-corrected chi connectivity index (χ2v) is 5.83. The summed E-state index contributed by atoms with van der Waals surface area (Å²) in [5.41, 5.74) is 6.94. The van der Waals surface area contributed by atoms with Crippen molar-refractivity contribution in [3.8, 4) is 11.3 Å². The van der Waals surface area contributed by atoms with Gasteiger partial charge in [-0.2, -0.15) is 5.10 Å². The number of halogens is 1. The van der Waals surface area contributed by atoms with Crippen molar-refractivity contribution < 1.29 is 0 Å². The zero-order valence-corrected chi connectivity index (χ0v) is 12.3. The molecule has 1 aliphatic rings. The number of nitrogens with zero attached hydrogens (tertiary/aromatic N) is 1. The first-order valence-electron chi connectivity index (χ1n) is 6.90. The monoisotopic (exact) mass is 295 g/mol. The van der Waals surface area contributed by atoms with E-state index >= 15 is 0 Å². The van der Waals surface area contributed by atoms with Crippen LogP contribution in [0.5, 0.6) is 0 Å². The second-order valence-electron chi connectivity index (χ2n) is 5.40. The molecule has 3 aromatic rings. The Labute approximate surface area is 128 Å². The van der Waals surface area contributed by atoms with E-state index in [0.29, 0.717) is 0 Å². The molecule has 1 aliphatic carbocycles. The average molecular weight is 296 g/mol. The summed E-state index contributed by atoms with van der Waals surface area (Å²) in [5, 5.41) is 11.7. The number of benzene rings is 2. The predicted octanol–water partition coefficient (Wildman–Crippen LogP) is 4.69. The fraction of sp³-hybridized carbons (Fsp3) is 0.118. The van der Waals surface area contributed by atoms with Gasteiger partial charge in [0.25, 0.3) is 0 Å². The summed E-state index contributed by atoms with van der Waals surface area (Å²) in [4.78, 5) is 0. The van der Waals surface area contributed by atoms with Crippen molar-refractivity contribution in [1.82, 2.24) is 10.2 Å². The Morgan fingerprint density at radius 1 is 1.14 bits per heavy atom. The summed E-state index contributed by atoms with van der Waals surface area (Å²) in [6, 6.07) is 14.3. The summed E-state index contributed by atoms with van der Waals surface area (Å²) in [6.07, 6.45) is 0.857.